The fraction of sp³-hybridized carbons (Fsp3) is 0.235. The van der Waals surface area contributed by atoms with E-state index < -0.39 is 11.1 Å². The summed E-state index contributed by atoms with van der Waals surface area (Å²) in [6.07, 6.45) is 2.88. The van der Waals surface area contributed by atoms with E-state index in [0.717, 1.165) is 9.26 Å². The molecular formula is C17H16IN2O4S-. The van der Waals surface area contributed by atoms with Crippen LogP contribution in [0.15, 0.2) is 53.7 Å². The van der Waals surface area contributed by atoms with Gasteiger partial charge in [0, 0.05) is 12.3 Å². The third-order valence-electron chi connectivity index (χ3n) is 3.50. The minimum atomic E-state index is -2.41. The molecule has 132 valence electrons. The predicted octanol–water partition coefficient (Wildman–Crippen LogP) is 3.16. The average molecular weight is 471 g/mol. The molecule has 3 aromatic rings. The molecule has 2 aromatic heterocycles. The van der Waals surface area contributed by atoms with Crippen LogP contribution in [0.1, 0.15) is 12.5 Å². The number of pyridine rings is 1. The lowest BCUT2D eigenvalue weighted by Gasteiger charge is -2.19. The van der Waals surface area contributed by atoms with E-state index in [0.29, 0.717) is 18.9 Å². The van der Waals surface area contributed by atoms with Crippen molar-refractivity contribution < 1.29 is 18.2 Å². The molecule has 2 heterocycles. The summed E-state index contributed by atoms with van der Waals surface area (Å²) in [5.74, 6) is 0.277. The normalized spacial score (nSPS) is 13.7. The predicted molar refractivity (Wildman–Crippen MR) is 101 cm³/mol. The van der Waals surface area contributed by atoms with Gasteiger partial charge in [0.1, 0.15) is 21.2 Å². The number of nitrogens with zero attached hydrogens (tertiary/aromatic N) is 2. The van der Waals surface area contributed by atoms with Crippen LogP contribution in [0.5, 0.6) is 5.75 Å². The van der Waals surface area contributed by atoms with Crippen LogP contribution in [-0.2, 0) is 22.4 Å². The third-order valence-corrected chi connectivity index (χ3v) is 4.97. The summed E-state index contributed by atoms with van der Waals surface area (Å²) < 4.78 is 37.0. The largest absolute Gasteiger partial charge is 0.768 e. The molecule has 25 heavy (non-hydrogen) atoms. The lowest BCUT2D eigenvalue weighted by Crippen LogP contribution is -2.20. The van der Waals surface area contributed by atoms with E-state index in [-0.39, 0.29) is 16.7 Å². The van der Waals surface area contributed by atoms with Crippen molar-refractivity contribution in [1.29, 1.82) is 0 Å². The van der Waals surface area contributed by atoms with Gasteiger partial charge in [0.2, 0.25) is 0 Å². The maximum atomic E-state index is 11.5. The Morgan fingerprint density at radius 1 is 1.36 bits per heavy atom. The van der Waals surface area contributed by atoms with Gasteiger partial charge in [-0.3, -0.25) is 8.61 Å². The molecule has 0 aliphatic heterocycles. The van der Waals surface area contributed by atoms with Gasteiger partial charge in [0.05, 0.1) is 24.3 Å². The first-order chi connectivity index (χ1) is 12.0. The van der Waals surface area contributed by atoms with Gasteiger partial charge in [-0.15, -0.1) is 0 Å². The first-order valence-electron chi connectivity index (χ1n) is 7.59. The Labute approximate surface area is 161 Å². The number of hydrogen-bond donors (Lipinski definition) is 0. The van der Waals surface area contributed by atoms with E-state index in [1.54, 1.807) is 16.7 Å². The van der Waals surface area contributed by atoms with Crippen LogP contribution in [0.2, 0.25) is 0 Å². The minimum Gasteiger partial charge on any atom is -0.768 e. The molecule has 0 aliphatic carbocycles. The summed E-state index contributed by atoms with van der Waals surface area (Å²) >= 11 is -0.316. The number of rotatable bonds is 7. The Morgan fingerprint density at radius 2 is 2.12 bits per heavy atom. The van der Waals surface area contributed by atoms with Crippen LogP contribution in [0.3, 0.4) is 0 Å². The zero-order valence-electron chi connectivity index (χ0n) is 13.4. The highest BCUT2D eigenvalue weighted by Crippen LogP contribution is 2.26. The Morgan fingerprint density at radius 3 is 2.84 bits per heavy atom. The first kappa shape index (κ1) is 18.3. The standard InChI is InChI=1S/C17H17IN2O4S/c1-12(10-23-11-13-5-3-2-4-6-13)24-14-7-17-19-8-16(18)20(17)9-15(14)25(21)22/h2-9,12H,10-11H2,1H3,(H,21,22)/p-1/t12-/m0/s1. The minimum absolute atomic E-state index is 0.0957. The number of hydrogen-bond acceptors (Lipinski definition) is 5. The molecule has 2 atom stereocenters. The molecule has 0 saturated carbocycles. The molecule has 8 heteroatoms. The summed E-state index contributed by atoms with van der Waals surface area (Å²) in [6.45, 7) is 2.66. The van der Waals surface area contributed by atoms with Crippen molar-refractivity contribution in [3.05, 3.63) is 58.1 Å². The van der Waals surface area contributed by atoms with Crippen molar-refractivity contribution in [2.24, 2.45) is 0 Å². The molecule has 1 unspecified atom stereocenters. The fourth-order valence-corrected chi connectivity index (χ4v) is 3.33. The Bertz CT molecular complexity index is 885. The second-order valence-electron chi connectivity index (χ2n) is 5.47. The number of ether oxygens (including phenoxy) is 2. The second kappa shape index (κ2) is 8.26. The zero-order valence-corrected chi connectivity index (χ0v) is 16.4. The van der Waals surface area contributed by atoms with Crippen molar-refractivity contribution in [2.75, 3.05) is 6.61 Å². The quantitative estimate of drug-likeness (QED) is 0.391. The first-order valence-corrected chi connectivity index (χ1v) is 9.74. The van der Waals surface area contributed by atoms with Crippen LogP contribution < -0.4 is 4.74 Å². The van der Waals surface area contributed by atoms with Gasteiger partial charge < -0.3 is 14.0 Å². The van der Waals surface area contributed by atoms with Gasteiger partial charge in [-0.25, -0.2) is 4.98 Å². The smallest absolute Gasteiger partial charge is 0.141 e. The van der Waals surface area contributed by atoms with Crippen molar-refractivity contribution in [3.63, 3.8) is 0 Å². The number of imidazole rings is 1. The van der Waals surface area contributed by atoms with Gasteiger partial charge in [-0.2, -0.15) is 0 Å². The summed E-state index contributed by atoms with van der Waals surface area (Å²) in [6, 6.07) is 11.5. The third kappa shape index (κ3) is 4.57. The summed E-state index contributed by atoms with van der Waals surface area (Å²) in [7, 11) is 0. The Kier molecular flexibility index (Phi) is 6.05. The second-order valence-corrected chi connectivity index (χ2v) is 7.49. The van der Waals surface area contributed by atoms with Crippen LogP contribution in [0, 0.1) is 3.70 Å². The van der Waals surface area contributed by atoms with Gasteiger partial charge in [0.15, 0.2) is 0 Å². The maximum Gasteiger partial charge on any atom is 0.141 e. The lowest BCUT2D eigenvalue weighted by atomic mass is 10.2. The van der Waals surface area contributed by atoms with Crippen molar-refractivity contribution in [1.82, 2.24) is 9.38 Å². The van der Waals surface area contributed by atoms with E-state index in [2.05, 4.69) is 27.6 Å². The maximum absolute atomic E-state index is 11.5. The highest BCUT2D eigenvalue weighted by Gasteiger charge is 2.13. The zero-order chi connectivity index (χ0) is 17.8. The lowest BCUT2D eigenvalue weighted by molar-refractivity contribution is 0.0480. The van der Waals surface area contributed by atoms with Gasteiger partial charge in [0.25, 0.3) is 0 Å². The fourth-order valence-electron chi connectivity index (χ4n) is 2.34. The molecule has 0 N–H and O–H groups in total. The molecule has 0 spiro atoms. The Balaban J connectivity index is 1.68. The molecule has 0 amide bonds. The summed E-state index contributed by atoms with van der Waals surface area (Å²) in [5.41, 5.74) is 1.70. The van der Waals surface area contributed by atoms with E-state index in [1.807, 2.05) is 37.3 Å². The van der Waals surface area contributed by atoms with Gasteiger partial charge >= 0.3 is 0 Å². The highest BCUT2D eigenvalue weighted by atomic mass is 127. The number of fused-ring (bicyclic) bond motifs is 1. The monoisotopic (exact) mass is 471 g/mol. The highest BCUT2D eigenvalue weighted by molar-refractivity contribution is 14.1. The molecule has 0 aliphatic rings. The van der Waals surface area contributed by atoms with Crippen molar-refractivity contribution in [2.45, 2.75) is 24.5 Å². The molecule has 1 aromatic carbocycles. The number of benzene rings is 1. The topological polar surface area (TPSA) is 75.9 Å². The molecule has 6 nitrogen and oxygen atoms in total. The van der Waals surface area contributed by atoms with Crippen molar-refractivity contribution >= 4 is 39.3 Å². The summed E-state index contributed by atoms with van der Waals surface area (Å²) in [4.78, 5) is 4.33. The van der Waals surface area contributed by atoms with Crippen LogP contribution in [-0.4, -0.2) is 30.9 Å². The van der Waals surface area contributed by atoms with E-state index >= 15 is 0 Å². The van der Waals surface area contributed by atoms with Crippen LogP contribution >= 0.6 is 22.6 Å². The van der Waals surface area contributed by atoms with E-state index in [1.165, 1.54) is 6.20 Å². The van der Waals surface area contributed by atoms with Crippen molar-refractivity contribution in [3.8, 4) is 5.75 Å². The molecule has 0 bridgehead atoms. The van der Waals surface area contributed by atoms with E-state index in [4.69, 9.17) is 9.47 Å². The van der Waals surface area contributed by atoms with Gasteiger partial charge in [-0.05, 0) is 46.2 Å². The van der Waals surface area contributed by atoms with Gasteiger partial charge in [-0.1, -0.05) is 30.3 Å². The van der Waals surface area contributed by atoms with E-state index in [9.17, 15) is 8.76 Å². The number of aromatic nitrogens is 2. The average Bonchev–Trinajstić information content (AvgIpc) is 2.95. The number of halogens is 1. The SMILES string of the molecule is C[C@@H](COCc1ccccc1)Oc1cc2ncc(I)n2cc1S(=O)[O-]. The Hall–Kier alpha value is -1.49. The molecule has 3 rings (SSSR count). The summed E-state index contributed by atoms with van der Waals surface area (Å²) in [5, 5.41) is 0. The van der Waals surface area contributed by atoms with Crippen LogP contribution in [0.25, 0.3) is 5.65 Å². The molecule has 0 radical (unpaired) electrons. The van der Waals surface area contributed by atoms with Crippen LogP contribution in [0.4, 0.5) is 0 Å². The molecular weight excluding hydrogens is 455 g/mol. The molecule has 0 fully saturated rings. The molecule has 0 saturated heterocycles.